The fourth-order valence-corrected chi connectivity index (χ4v) is 3.25. The van der Waals surface area contributed by atoms with E-state index in [1.54, 1.807) is 23.0 Å². The zero-order valence-corrected chi connectivity index (χ0v) is 16.1. The van der Waals surface area contributed by atoms with Gasteiger partial charge in [-0.2, -0.15) is 5.10 Å². The first-order valence-electron chi connectivity index (χ1n) is 9.60. The molecule has 1 amide bonds. The van der Waals surface area contributed by atoms with Gasteiger partial charge in [0.05, 0.1) is 17.4 Å². The Labute approximate surface area is 166 Å². The summed E-state index contributed by atoms with van der Waals surface area (Å²) in [5.74, 6) is 1.46. The van der Waals surface area contributed by atoms with Gasteiger partial charge in [0.25, 0.3) is 6.43 Å². The molecule has 1 N–H and O–H groups in total. The molecule has 152 valence electrons. The molecule has 0 atom stereocenters. The van der Waals surface area contributed by atoms with Gasteiger partial charge in [0.15, 0.2) is 0 Å². The predicted octanol–water partition coefficient (Wildman–Crippen LogP) is 4.17. The molecule has 1 saturated carbocycles. The normalized spacial score (nSPS) is 13.8. The lowest BCUT2D eigenvalue weighted by atomic mass is 10.1. The van der Waals surface area contributed by atoms with Crippen molar-refractivity contribution >= 4 is 22.6 Å². The standard InChI is InChI=1S/C21H22F2N4O2/c1-13-8-15(4-5-18(13)29-12-19(22)23)10-27-11-16-17(26-27)6-7-24-21(16)25-20(28)9-14-2-3-14/h4-8,11,14,19H,2-3,9-10,12H2,1H3,(H,24,25,28). The van der Waals surface area contributed by atoms with Crippen LogP contribution in [0, 0.1) is 12.8 Å². The first kappa shape index (κ1) is 19.3. The highest BCUT2D eigenvalue weighted by molar-refractivity contribution is 5.99. The lowest BCUT2D eigenvalue weighted by molar-refractivity contribution is -0.116. The Bertz CT molecular complexity index is 1030. The van der Waals surface area contributed by atoms with Gasteiger partial charge in [-0.25, -0.2) is 13.8 Å². The number of carbonyl (C=O) groups excluding carboxylic acids is 1. The summed E-state index contributed by atoms with van der Waals surface area (Å²) >= 11 is 0. The van der Waals surface area contributed by atoms with Crippen molar-refractivity contribution < 1.29 is 18.3 Å². The lowest BCUT2D eigenvalue weighted by Gasteiger charge is -2.10. The second-order valence-corrected chi connectivity index (χ2v) is 7.42. The third-order valence-corrected chi connectivity index (χ3v) is 4.86. The first-order chi connectivity index (χ1) is 14.0. The molecule has 2 heterocycles. The van der Waals surface area contributed by atoms with Crippen LogP contribution < -0.4 is 10.1 Å². The molecule has 0 radical (unpaired) electrons. The third kappa shape index (κ3) is 4.88. The van der Waals surface area contributed by atoms with Crippen molar-refractivity contribution in [2.24, 2.45) is 5.92 Å². The summed E-state index contributed by atoms with van der Waals surface area (Å²) in [7, 11) is 0. The van der Waals surface area contributed by atoms with Crippen LogP contribution in [0.3, 0.4) is 0 Å². The number of benzene rings is 1. The third-order valence-electron chi connectivity index (χ3n) is 4.86. The Morgan fingerprint density at radius 2 is 2.17 bits per heavy atom. The minimum Gasteiger partial charge on any atom is -0.487 e. The maximum absolute atomic E-state index is 12.3. The summed E-state index contributed by atoms with van der Waals surface area (Å²) < 4.78 is 31.5. The van der Waals surface area contributed by atoms with Crippen LogP contribution in [0.5, 0.6) is 5.75 Å². The SMILES string of the molecule is Cc1cc(Cn2cc3c(NC(=O)CC4CC4)nccc3n2)ccc1OCC(F)F. The van der Waals surface area contributed by atoms with E-state index in [2.05, 4.69) is 15.4 Å². The molecule has 8 heteroatoms. The Morgan fingerprint density at radius 1 is 1.34 bits per heavy atom. The molecule has 1 aliphatic rings. The van der Waals surface area contributed by atoms with Gasteiger partial charge in [-0.3, -0.25) is 9.48 Å². The number of halogens is 2. The summed E-state index contributed by atoms with van der Waals surface area (Å²) in [5.41, 5.74) is 2.50. The van der Waals surface area contributed by atoms with Crippen molar-refractivity contribution in [1.82, 2.24) is 14.8 Å². The molecule has 2 aromatic heterocycles. The molecule has 1 fully saturated rings. The van der Waals surface area contributed by atoms with Crippen LogP contribution in [-0.4, -0.2) is 33.7 Å². The second-order valence-electron chi connectivity index (χ2n) is 7.42. The molecule has 1 aliphatic carbocycles. The van der Waals surface area contributed by atoms with E-state index in [0.29, 0.717) is 30.5 Å². The van der Waals surface area contributed by atoms with Gasteiger partial charge in [0.1, 0.15) is 18.2 Å². The topological polar surface area (TPSA) is 69.0 Å². The second kappa shape index (κ2) is 8.14. The molecule has 0 spiro atoms. The molecule has 1 aromatic carbocycles. The van der Waals surface area contributed by atoms with Crippen LogP contribution in [0.1, 0.15) is 30.4 Å². The van der Waals surface area contributed by atoms with Crippen molar-refractivity contribution in [2.75, 3.05) is 11.9 Å². The fourth-order valence-electron chi connectivity index (χ4n) is 3.25. The van der Waals surface area contributed by atoms with Crippen LogP contribution >= 0.6 is 0 Å². The Morgan fingerprint density at radius 3 is 2.90 bits per heavy atom. The number of aromatic nitrogens is 3. The predicted molar refractivity (Wildman–Crippen MR) is 105 cm³/mol. The number of alkyl halides is 2. The van der Waals surface area contributed by atoms with Crippen molar-refractivity contribution in [1.29, 1.82) is 0 Å². The number of hydrogen-bond donors (Lipinski definition) is 1. The van der Waals surface area contributed by atoms with E-state index in [1.165, 1.54) is 0 Å². The number of nitrogens with one attached hydrogen (secondary N) is 1. The van der Waals surface area contributed by atoms with Crippen molar-refractivity contribution in [3.63, 3.8) is 0 Å². The van der Waals surface area contributed by atoms with Crippen LogP contribution in [0.2, 0.25) is 0 Å². The van der Waals surface area contributed by atoms with E-state index in [1.807, 2.05) is 25.3 Å². The molecule has 0 unspecified atom stereocenters. The molecular weight excluding hydrogens is 378 g/mol. The Balaban J connectivity index is 1.49. The Hall–Kier alpha value is -3.03. The summed E-state index contributed by atoms with van der Waals surface area (Å²) in [5, 5.41) is 8.23. The van der Waals surface area contributed by atoms with E-state index < -0.39 is 13.0 Å². The number of nitrogens with zero attached hydrogens (tertiary/aromatic N) is 3. The van der Waals surface area contributed by atoms with Gasteiger partial charge in [0.2, 0.25) is 5.91 Å². The molecule has 4 rings (SSSR count). The first-order valence-corrected chi connectivity index (χ1v) is 9.60. The quantitative estimate of drug-likeness (QED) is 0.616. The highest BCUT2D eigenvalue weighted by atomic mass is 19.3. The zero-order valence-electron chi connectivity index (χ0n) is 16.1. The molecular formula is C21H22F2N4O2. The monoisotopic (exact) mass is 400 g/mol. The number of amides is 1. The summed E-state index contributed by atoms with van der Waals surface area (Å²) in [6.45, 7) is 1.70. The fraction of sp³-hybridized carbons (Fsp3) is 0.381. The zero-order chi connectivity index (χ0) is 20.4. The average molecular weight is 400 g/mol. The minimum atomic E-state index is -2.50. The number of anilines is 1. The maximum Gasteiger partial charge on any atom is 0.272 e. The maximum atomic E-state index is 12.3. The van der Waals surface area contributed by atoms with Gasteiger partial charge in [-0.15, -0.1) is 0 Å². The van der Waals surface area contributed by atoms with E-state index in [4.69, 9.17) is 4.74 Å². The van der Waals surface area contributed by atoms with E-state index in [9.17, 15) is 13.6 Å². The molecule has 0 aliphatic heterocycles. The number of pyridine rings is 1. The highest BCUT2D eigenvalue weighted by Gasteiger charge is 2.24. The average Bonchev–Trinajstić information content (AvgIpc) is 3.37. The molecule has 0 bridgehead atoms. The van der Waals surface area contributed by atoms with Gasteiger partial charge >= 0.3 is 0 Å². The smallest absolute Gasteiger partial charge is 0.272 e. The number of carbonyl (C=O) groups is 1. The van der Waals surface area contributed by atoms with E-state index in [0.717, 1.165) is 34.9 Å². The van der Waals surface area contributed by atoms with E-state index in [-0.39, 0.29) is 5.91 Å². The van der Waals surface area contributed by atoms with Crippen LogP contribution in [0.15, 0.2) is 36.7 Å². The number of fused-ring (bicyclic) bond motifs is 1. The minimum absolute atomic E-state index is 0.0183. The van der Waals surface area contributed by atoms with Gasteiger partial charge in [-0.05, 0) is 48.9 Å². The molecule has 29 heavy (non-hydrogen) atoms. The van der Waals surface area contributed by atoms with Crippen LogP contribution in [0.4, 0.5) is 14.6 Å². The number of hydrogen-bond acceptors (Lipinski definition) is 4. The van der Waals surface area contributed by atoms with Crippen molar-refractivity contribution in [3.8, 4) is 5.75 Å². The van der Waals surface area contributed by atoms with Crippen molar-refractivity contribution in [2.45, 2.75) is 39.2 Å². The van der Waals surface area contributed by atoms with Gasteiger partial charge in [-0.1, -0.05) is 12.1 Å². The summed E-state index contributed by atoms with van der Waals surface area (Å²) in [6.07, 6.45) is 3.75. The van der Waals surface area contributed by atoms with Crippen LogP contribution in [0.25, 0.3) is 10.9 Å². The van der Waals surface area contributed by atoms with Crippen molar-refractivity contribution in [3.05, 3.63) is 47.8 Å². The summed E-state index contributed by atoms with van der Waals surface area (Å²) in [4.78, 5) is 16.4. The lowest BCUT2D eigenvalue weighted by Crippen LogP contribution is -2.13. The summed E-state index contributed by atoms with van der Waals surface area (Å²) in [6, 6.07) is 7.22. The van der Waals surface area contributed by atoms with Crippen LogP contribution in [-0.2, 0) is 11.3 Å². The van der Waals surface area contributed by atoms with E-state index >= 15 is 0 Å². The van der Waals surface area contributed by atoms with Gasteiger partial charge in [0, 0.05) is 18.8 Å². The molecule has 6 nitrogen and oxygen atoms in total. The number of ether oxygens (including phenoxy) is 1. The number of aryl methyl sites for hydroxylation is 1. The molecule has 0 saturated heterocycles. The largest absolute Gasteiger partial charge is 0.487 e. The molecule has 3 aromatic rings. The highest BCUT2D eigenvalue weighted by Crippen LogP contribution is 2.32. The number of rotatable bonds is 8. The Kier molecular flexibility index (Phi) is 5.42. The van der Waals surface area contributed by atoms with Gasteiger partial charge < -0.3 is 10.1 Å².